The Balaban J connectivity index is 1.69. The number of hydrogen-bond donors (Lipinski definition) is 2. The van der Waals surface area contributed by atoms with Gasteiger partial charge in [-0.25, -0.2) is 9.59 Å². The zero-order valence-corrected chi connectivity index (χ0v) is 27.7. The predicted octanol–water partition coefficient (Wildman–Crippen LogP) is 7.15. The monoisotopic (exact) mass is 628 g/mol. The molecule has 4 rings (SSSR count). The molecule has 0 aliphatic carbocycles. The van der Waals surface area contributed by atoms with Crippen LogP contribution in [-0.2, 0) is 43.2 Å². The highest BCUT2D eigenvalue weighted by Crippen LogP contribution is 2.33. The summed E-state index contributed by atoms with van der Waals surface area (Å²) in [5, 5.41) is 3.72. The fourth-order valence-corrected chi connectivity index (χ4v) is 5.16. The van der Waals surface area contributed by atoms with Crippen molar-refractivity contribution in [3.63, 3.8) is 0 Å². The molecule has 1 heterocycles. The maximum absolute atomic E-state index is 12.8. The van der Waals surface area contributed by atoms with Gasteiger partial charge in [0.15, 0.2) is 0 Å². The first-order valence-corrected chi connectivity index (χ1v) is 15.3. The topological polar surface area (TPSA) is 116 Å². The molecule has 1 aromatic heterocycles. The van der Waals surface area contributed by atoms with Gasteiger partial charge in [0.25, 0.3) is 0 Å². The number of ether oxygens (including phenoxy) is 4. The summed E-state index contributed by atoms with van der Waals surface area (Å²) in [6, 6.07) is 20.9. The van der Waals surface area contributed by atoms with Crippen LogP contribution in [0.4, 0.5) is 4.79 Å². The van der Waals surface area contributed by atoms with E-state index in [2.05, 4.69) is 30.2 Å². The van der Waals surface area contributed by atoms with E-state index in [1.807, 2.05) is 66.9 Å². The number of hydrogen-bond acceptors (Lipinski definition) is 7. The van der Waals surface area contributed by atoms with E-state index in [4.69, 9.17) is 18.9 Å². The maximum Gasteiger partial charge on any atom is 0.408 e. The number of aromatic amines is 1. The Morgan fingerprint density at radius 2 is 1.63 bits per heavy atom. The number of carbonyl (C=O) groups excluding carboxylic acids is 3. The molecule has 0 saturated carbocycles. The second-order valence-corrected chi connectivity index (χ2v) is 13.3. The zero-order chi connectivity index (χ0) is 33.5. The summed E-state index contributed by atoms with van der Waals surface area (Å²) >= 11 is 0. The number of amides is 1. The summed E-state index contributed by atoms with van der Waals surface area (Å²) in [4.78, 5) is 40.2. The second-order valence-electron chi connectivity index (χ2n) is 13.3. The van der Waals surface area contributed by atoms with Crippen molar-refractivity contribution < 1.29 is 33.3 Å². The third-order valence-electron chi connectivity index (χ3n) is 7.27. The van der Waals surface area contributed by atoms with Crippen LogP contribution < -0.4 is 10.1 Å². The van der Waals surface area contributed by atoms with Gasteiger partial charge in [-0.3, -0.25) is 4.79 Å². The van der Waals surface area contributed by atoms with Gasteiger partial charge < -0.3 is 29.2 Å². The van der Waals surface area contributed by atoms with E-state index in [0.29, 0.717) is 25.4 Å². The highest BCUT2D eigenvalue weighted by Gasteiger charge is 2.26. The van der Waals surface area contributed by atoms with E-state index in [1.54, 1.807) is 20.8 Å². The van der Waals surface area contributed by atoms with E-state index in [9.17, 15) is 14.4 Å². The van der Waals surface area contributed by atoms with Crippen molar-refractivity contribution in [1.82, 2.24) is 10.3 Å². The Labute approximate surface area is 270 Å². The standard InChI is InChI=1S/C37H44N2O7/c1-24(40)45-23-37(5,6)20-29-21-38-32-14-13-27(19-31(29)32)28-15-26(16-30(18-28)44-22-25-11-9-8-10-12-25)17-33(34(41)43-7)39-35(42)46-36(2,3)4/h8-16,18-19,21,33,38H,17,20,22-23H2,1-7H3,(H,39,42)/t33-/m0/s1. The average molecular weight is 629 g/mol. The van der Waals surface area contributed by atoms with Gasteiger partial charge in [0.05, 0.1) is 13.7 Å². The van der Waals surface area contributed by atoms with Crippen molar-refractivity contribution in [1.29, 1.82) is 0 Å². The molecule has 0 fully saturated rings. The number of esters is 2. The fourth-order valence-electron chi connectivity index (χ4n) is 5.16. The third-order valence-corrected chi connectivity index (χ3v) is 7.27. The van der Waals surface area contributed by atoms with Crippen molar-refractivity contribution in [2.75, 3.05) is 13.7 Å². The van der Waals surface area contributed by atoms with Crippen LogP contribution in [0.5, 0.6) is 5.75 Å². The highest BCUT2D eigenvalue weighted by molar-refractivity contribution is 5.88. The quantitative estimate of drug-likeness (QED) is 0.126. The average Bonchev–Trinajstić information content (AvgIpc) is 3.39. The molecular formula is C37H44N2O7. The summed E-state index contributed by atoms with van der Waals surface area (Å²) in [5.74, 6) is -0.262. The van der Waals surface area contributed by atoms with Crippen LogP contribution in [0.1, 0.15) is 58.2 Å². The number of methoxy groups -OCH3 is 1. The molecule has 0 aliphatic rings. The largest absolute Gasteiger partial charge is 0.489 e. The Hall–Kier alpha value is -4.79. The van der Waals surface area contributed by atoms with Crippen LogP contribution in [0.3, 0.4) is 0 Å². The van der Waals surface area contributed by atoms with E-state index in [1.165, 1.54) is 14.0 Å². The number of alkyl carbamates (subject to hydrolysis) is 1. The second kappa shape index (κ2) is 14.5. The van der Waals surface area contributed by atoms with Crippen LogP contribution in [-0.4, -0.2) is 48.4 Å². The molecule has 0 spiro atoms. The molecule has 3 aromatic carbocycles. The lowest BCUT2D eigenvalue weighted by Gasteiger charge is -2.23. The molecule has 46 heavy (non-hydrogen) atoms. The predicted molar refractivity (Wildman–Crippen MR) is 178 cm³/mol. The van der Waals surface area contributed by atoms with Crippen molar-refractivity contribution in [3.8, 4) is 16.9 Å². The molecule has 1 atom stereocenters. The van der Waals surface area contributed by atoms with E-state index >= 15 is 0 Å². The molecule has 0 saturated heterocycles. The molecule has 9 nitrogen and oxygen atoms in total. The SMILES string of the molecule is COC(=O)[C@H](Cc1cc(OCc2ccccc2)cc(-c2ccc3[nH]cc(CC(C)(C)COC(C)=O)c3c2)c1)NC(=O)OC(C)(C)C. The van der Waals surface area contributed by atoms with E-state index in [0.717, 1.165) is 38.7 Å². The molecule has 0 aliphatic heterocycles. The minimum atomic E-state index is -0.977. The summed E-state index contributed by atoms with van der Waals surface area (Å²) in [5.41, 5.74) is 4.73. The fraction of sp³-hybridized carbons (Fsp3) is 0.378. The molecular weight excluding hydrogens is 584 g/mol. The highest BCUT2D eigenvalue weighted by atomic mass is 16.6. The van der Waals surface area contributed by atoms with Crippen molar-refractivity contribution in [2.45, 2.75) is 72.6 Å². The van der Waals surface area contributed by atoms with E-state index in [-0.39, 0.29) is 17.8 Å². The van der Waals surface area contributed by atoms with Crippen molar-refractivity contribution in [3.05, 3.63) is 89.6 Å². The maximum atomic E-state index is 12.8. The molecule has 0 radical (unpaired) electrons. The normalized spacial score (nSPS) is 12.3. The molecule has 1 amide bonds. The molecule has 0 bridgehead atoms. The minimum absolute atomic E-state index is 0.156. The van der Waals surface area contributed by atoms with Crippen molar-refractivity contribution in [2.24, 2.45) is 5.41 Å². The Morgan fingerprint density at radius 1 is 0.891 bits per heavy atom. The van der Waals surface area contributed by atoms with Gasteiger partial charge in [-0.1, -0.05) is 56.3 Å². The molecule has 244 valence electrons. The van der Waals surface area contributed by atoms with Crippen LogP contribution in [0.15, 0.2) is 72.9 Å². The lowest BCUT2D eigenvalue weighted by atomic mass is 9.86. The van der Waals surface area contributed by atoms with Crippen molar-refractivity contribution >= 4 is 28.9 Å². The zero-order valence-electron chi connectivity index (χ0n) is 27.7. The summed E-state index contributed by atoms with van der Waals surface area (Å²) in [6.45, 7) is 11.5. The van der Waals surface area contributed by atoms with Gasteiger partial charge in [0, 0.05) is 35.9 Å². The molecule has 0 unspecified atom stereocenters. The number of aromatic nitrogens is 1. The number of fused-ring (bicyclic) bond motifs is 1. The molecule has 9 heteroatoms. The lowest BCUT2D eigenvalue weighted by Crippen LogP contribution is -2.45. The Bertz CT molecular complexity index is 1670. The number of benzene rings is 3. The summed E-state index contributed by atoms with van der Waals surface area (Å²) in [7, 11) is 1.29. The Kier molecular flexibility index (Phi) is 10.8. The van der Waals surface area contributed by atoms with Gasteiger partial charge in [0.1, 0.15) is 24.0 Å². The van der Waals surface area contributed by atoms with Gasteiger partial charge in [0.2, 0.25) is 0 Å². The first kappa shape index (κ1) is 34.1. The van der Waals surface area contributed by atoms with Gasteiger partial charge in [-0.15, -0.1) is 0 Å². The van der Waals surface area contributed by atoms with Gasteiger partial charge in [-0.2, -0.15) is 0 Å². The summed E-state index contributed by atoms with van der Waals surface area (Å²) < 4.78 is 22.0. The number of rotatable bonds is 12. The number of H-pyrrole nitrogens is 1. The molecule has 2 N–H and O–H groups in total. The minimum Gasteiger partial charge on any atom is -0.489 e. The van der Waals surface area contributed by atoms with Crippen LogP contribution in [0.25, 0.3) is 22.0 Å². The lowest BCUT2D eigenvalue weighted by molar-refractivity contribution is -0.144. The first-order chi connectivity index (χ1) is 21.7. The van der Waals surface area contributed by atoms with Crippen LogP contribution in [0, 0.1) is 5.41 Å². The summed E-state index contributed by atoms with van der Waals surface area (Å²) in [6.07, 6.45) is 2.15. The van der Waals surface area contributed by atoms with E-state index < -0.39 is 23.7 Å². The van der Waals surface area contributed by atoms with Crippen LogP contribution in [0.2, 0.25) is 0 Å². The third kappa shape index (κ3) is 9.86. The van der Waals surface area contributed by atoms with Crippen LogP contribution >= 0.6 is 0 Å². The Morgan fingerprint density at radius 3 is 2.30 bits per heavy atom. The number of nitrogens with one attached hydrogen (secondary N) is 2. The molecule has 4 aromatic rings. The number of carbonyl (C=O) groups is 3. The first-order valence-electron chi connectivity index (χ1n) is 15.3. The van der Waals surface area contributed by atoms with Gasteiger partial charge >= 0.3 is 18.0 Å². The van der Waals surface area contributed by atoms with Gasteiger partial charge in [-0.05, 0) is 79.3 Å². The smallest absolute Gasteiger partial charge is 0.408 e.